The van der Waals surface area contributed by atoms with E-state index in [1.807, 2.05) is 38.1 Å². The first-order chi connectivity index (χ1) is 14.0. The SMILES string of the molecule is COc1ccc(CN2CCN(c3ccc(-n4nc(C)cc4C)nn3)CC2)cc1F. The van der Waals surface area contributed by atoms with Gasteiger partial charge in [0.15, 0.2) is 23.2 Å². The second kappa shape index (κ2) is 8.16. The van der Waals surface area contributed by atoms with Gasteiger partial charge >= 0.3 is 0 Å². The maximum atomic E-state index is 13.9. The minimum atomic E-state index is -0.318. The summed E-state index contributed by atoms with van der Waals surface area (Å²) in [6.45, 7) is 8.16. The van der Waals surface area contributed by atoms with Crippen molar-refractivity contribution in [2.45, 2.75) is 20.4 Å². The molecule has 0 saturated carbocycles. The van der Waals surface area contributed by atoms with E-state index < -0.39 is 0 Å². The number of ether oxygens (including phenoxy) is 1. The number of piperazine rings is 1. The van der Waals surface area contributed by atoms with Gasteiger partial charge in [0.1, 0.15) is 0 Å². The molecule has 29 heavy (non-hydrogen) atoms. The van der Waals surface area contributed by atoms with Crippen LogP contribution in [0.4, 0.5) is 10.2 Å². The quantitative estimate of drug-likeness (QED) is 0.661. The number of rotatable bonds is 5. The van der Waals surface area contributed by atoms with E-state index in [1.54, 1.807) is 16.8 Å². The van der Waals surface area contributed by atoms with Crippen molar-refractivity contribution in [2.75, 3.05) is 38.2 Å². The van der Waals surface area contributed by atoms with E-state index in [1.165, 1.54) is 7.11 Å². The van der Waals surface area contributed by atoms with Gasteiger partial charge in [0.25, 0.3) is 0 Å². The van der Waals surface area contributed by atoms with E-state index in [0.29, 0.717) is 0 Å². The minimum Gasteiger partial charge on any atom is -0.494 e. The molecule has 0 radical (unpaired) electrons. The average Bonchev–Trinajstić information content (AvgIpc) is 3.07. The molecule has 0 amide bonds. The van der Waals surface area contributed by atoms with Crippen LogP contribution in [0.5, 0.6) is 5.75 Å². The van der Waals surface area contributed by atoms with Crippen LogP contribution in [0.25, 0.3) is 5.82 Å². The monoisotopic (exact) mass is 396 g/mol. The molecule has 7 nitrogen and oxygen atoms in total. The molecule has 0 unspecified atom stereocenters. The molecule has 0 atom stereocenters. The highest BCUT2D eigenvalue weighted by Crippen LogP contribution is 2.20. The zero-order chi connectivity index (χ0) is 20.4. The summed E-state index contributed by atoms with van der Waals surface area (Å²) >= 11 is 0. The number of aromatic nitrogens is 4. The molecule has 2 aromatic heterocycles. The van der Waals surface area contributed by atoms with Gasteiger partial charge in [-0.05, 0) is 49.7 Å². The first-order valence-corrected chi connectivity index (χ1v) is 9.70. The first-order valence-electron chi connectivity index (χ1n) is 9.70. The first kappa shape index (κ1) is 19.3. The van der Waals surface area contributed by atoms with Crippen LogP contribution in [-0.2, 0) is 6.54 Å². The summed E-state index contributed by atoms with van der Waals surface area (Å²) in [7, 11) is 1.48. The molecule has 152 valence electrons. The smallest absolute Gasteiger partial charge is 0.176 e. The number of halogens is 1. The lowest BCUT2D eigenvalue weighted by atomic mass is 10.2. The summed E-state index contributed by atoms with van der Waals surface area (Å²) < 4.78 is 20.7. The molecular formula is C21H25FN6O. The van der Waals surface area contributed by atoms with Crippen molar-refractivity contribution in [1.82, 2.24) is 24.9 Å². The highest BCUT2D eigenvalue weighted by atomic mass is 19.1. The molecule has 4 rings (SSSR count). The van der Waals surface area contributed by atoms with Gasteiger partial charge in [-0.25, -0.2) is 9.07 Å². The van der Waals surface area contributed by atoms with Gasteiger partial charge in [-0.1, -0.05) is 6.07 Å². The molecule has 0 spiro atoms. The maximum absolute atomic E-state index is 13.9. The standard InChI is InChI=1S/C21H25FN6O/c1-15-12-16(2)28(25-15)21-7-6-20(23-24-21)27-10-8-26(9-11-27)14-17-4-5-19(29-3)18(22)13-17/h4-7,12-13H,8-11,14H2,1-3H3. The van der Waals surface area contributed by atoms with Gasteiger partial charge in [0, 0.05) is 38.4 Å². The molecule has 3 heterocycles. The Kier molecular flexibility index (Phi) is 5.44. The Bertz CT molecular complexity index is 979. The number of nitrogens with zero attached hydrogens (tertiary/aromatic N) is 6. The molecule has 1 fully saturated rings. The summed E-state index contributed by atoms with van der Waals surface area (Å²) in [6.07, 6.45) is 0. The normalized spacial score (nSPS) is 15.0. The molecule has 8 heteroatoms. The van der Waals surface area contributed by atoms with Crippen molar-refractivity contribution in [3.8, 4) is 11.6 Å². The van der Waals surface area contributed by atoms with Crippen molar-refractivity contribution in [2.24, 2.45) is 0 Å². The second-order valence-corrected chi connectivity index (χ2v) is 7.32. The highest BCUT2D eigenvalue weighted by Gasteiger charge is 2.19. The van der Waals surface area contributed by atoms with Crippen LogP contribution >= 0.6 is 0 Å². The summed E-state index contributed by atoms with van der Waals surface area (Å²) in [5.74, 6) is 1.55. The fraction of sp³-hybridized carbons (Fsp3) is 0.381. The van der Waals surface area contributed by atoms with Crippen LogP contribution in [0, 0.1) is 19.7 Å². The Balaban J connectivity index is 1.36. The van der Waals surface area contributed by atoms with Gasteiger partial charge in [-0.3, -0.25) is 4.90 Å². The Morgan fingerprint density at radius 2 is 1.69 bits per heavy atom. The lowest BCUT2D eigenvalue weighted by Crippen LogP contribution is -2.46. The topological polar surface area (TPSA) is 59.3 Å². The summed E-state index contributed by atoms with van der Waals surface area (Å²) in [4.78, 5) is 4.54. The molecule has 3 aromatic rings. The van der Waals surface area contributed by atoms with Crippen LogP contribution in [0.15, 0.2) is 36.4 Å². The zero-order valence-electron chi connectivity index (χ0n) is 17.0. The number of anilines is 1. The summed E-state index contributed by atoms with van der Waals surface area (Å²) in [5, 5.41) is 13.2. The molecule has 1 aliphatic heterocycles. The number of hydrogen-bond donors (Lipinski definition) is 0. The van der Waals surface area contributed by atoms with Crippen molar-refractivity contribution < 1.29 is 9.13 Å². The van der Waals surface area contributed by atoms with Gasteiger partial charge in [0.05, 0.1) is 12.8 Å². The summed E-state index contributed by atoms with van der Waals surface area (Å²) in [5.41, 5.74) is 2.94. The van der Waals surface area contributed by atoms with Crippen molar-refractivity contribution in [1.29, 1.82) is 0 Å². The summed E-state index contributed by atoms with van der Waals surface area (Å²) in [6, 6.07) is 11.1. The van der Waals surface area contributed by atoms with Gasteiger partial charge in [-0.2, -0.15) is 5.10 Å². The van der Waals surface area contributed by atoms with Crippen molar-refractivity contribution in [3.05, 3.63) is 59.2 Å². The van der Waals surface area contributed by atoms with E-state index in [-0.39, 0.29) is 11.6 Å². The van der Waals surface area contributed by atoms with E-state index >= 15 is 0 Å². The number of aryl methyl sites for hydroxylation is 2. The fourth-order valence-corrected chi connectivity index (χ4v) is 3.66. The Hall–Kier alpha value is -3.00. The maximum Gasteiger partial charge on any atom is 0.176 e. The third kappa shape index (κ3) is 4.22. The number of benzene rings is 1. The third-order valence-electron chi connectivity index (χ3n) is 5.18. The van der Waals surface area contributed by atoms with E-state index in [2.05, 4.69) is 25.1 Å². The van der Waals surface area contributed by atoms with Crippen molar-refractivity contribution >= 4 is 5.82 Å². The van der Waals surface area contributed by atoms with Gasteiger partial charge in [-0.15, -0.1) is 10.2 Å². The Morgan fingerprint density at radius 1 is 0.966 bits per heavy atom. The largest absolute Gasteiger partial charge is 0.494 e. The highest BCUT2D eigenvalue weighted by molar-refractivity contribution is 5.40. The van der Waals surface area contributed by atoms with Gasteiger partial charge in [0.2, 0.25) is 0 Å². The molecule has 0 bridgehead atoms. The second-order valence-electron chi connectivity index (χ2n) is 7.32. The number of hydrogen-bond acceptors (Lipinski definition) is 6. The van der Waals surface area contributed by atoms with E-state index in [4.69, 9.17) is 4.74 Å². The van der Waals surface area contributed by atoms with Crippen molar-refractivity contribution in [3.63, 3.8) is 0 Å². The molecule has 1 saturated heterocycles. The van der Waals surface area contributed by atoms with Crippen LogP contribution in [0.1, 0.15) is 17.0 Å². The van der Waals surface area contributed by atoms with Crippen LogP contribution in [-0.4, -0.2) is 58.2 Å². The van der Waals surface area contributed by atoms with Gasteiger partial charge < -0.3 is 9.64 Å². The fourth-order valence-electron chi connectivity index (χ4n) is 3.66. The molecule has 0 aliphatic carbocycles. The molecular weight excluding hydrogens is 371 g/mol. The average molecular weight is 396 g/mol. The lowest BCUT2D eigenvalue weighted by Gasteiger charge is -2.35. The van der Waals surface area contributed by atoms with Crippen LogP contribution in [0.2, 0.25) is 0 Å². The Morgan fingerprint density at radius 3 is 2.28 bits per heavy atom. The number of methoxy groups -OCH3 is 1. The predicted molar refractivity (Wildman–Crippen MR) is 109 cm³/mol. The zero-order valence-corrected chi connectivity index (χ0v) is 17.0. The minimum absolute atomic E-state index is 0.279. The lowest BCUT2D eigenvalue weighted by molar-refractivity contribution is 0.248. The van der Waals surface area contributed by atoms with Crippen LogP contribution in [0.3, 0.4) is 0 Å². The molecule has 1 aliphatic rings. The third-order valence-corrected chi connectivity index (χ3v) is 5.18. The van der Waals surface area contributed by atoms with E-state index in [0.717, 1.165) is 61.3 Å². The molecule has 0 N–H and O–H groups in total. The Labute approximate surface area is 169 Å². The van der Waals surface area contributed by atoms with Crippen LogP contribution < -0.4 is 9.64 Å². The predicted octanol–water partition coefficient (Wildman–Crippen LogP) is 2.75. The van der Waals surface area contributed by atoms with E-state index in [9.17, 15) is 4.39 Å². The molecule has 1 aromatic carbocycles.